The van der Waals surface area contributed by atoms with Crippen molar-refractivity contribution in [3.63, 3.8) is 0 Å². The fraction of sp³-hybridized carbons (Fsp3) is 0.800. The Balaban J connectivity index is 1.46. The zero-order chi connectivity index (χ0) is 25.5. The van der Waals surface area contributed by atoms with Gasteiger partial charge in [0.1, 0.15) is 0 Å². The van der Waals surface area contributed by atoms with Gasteiger partial charge >= 0.3 is 0 Å². The smallest absolute Gasteiger partial charge is 0.202 e. The topological polar surface area (TPSA) is 43.9 Å². The van der Waals surface area contributed by atoms with Crippen LogP contribution < -0.4 is 0 Å². The average Bonchev–Trinajstić information content (AvgIpc) is 3.56. The molecule has 2 aromatic rings. The minimum absolute atomic E-state index is 0.813. The molecule has 0 aliphatic rings. The molecule has 0 aromatic carbocycles. The Morgan fingerprint density at radius 1 is 0.667 bits per heavy atom. The minimum atomic E-state index is 0.813. The third-order valence-electron chi connectivity index (χ3n) is 6.91. The van der Waals surface area contributed by atoms with Crippen LogP contribution in [0, 0.1) is 0 Å². The largest absolute Gasteiger partial charge is 0.461 e. The fourth-order valence-electron chi connectivity index (χ4n) is 4.64. The van der Waals surface area contributed by atoms with Crippen LogP contribution in [-0.2, 0) is 6.54 Å². The van der Waals surface area contributed by atoms with Crippen molar-refractivity contribution in [3.8, 4) is 11.6 Å². The molecule has 0 radical (unpaired) electrons. The molecular formula is C30H53N3OS2. The molecule has 36 heavy (non-hydrogen) atoms. The average molecular weight is 536 g/mol. The van der Waals surface area contributed by atoms with Crippen molar-refractivity contribution >= 4 is 21.6 Å². The maximum atomic E-state index is 5.60. The summed E-state index contributed by atoms with van der Waals surface area (Å²) in [6.07, 6.45) is 29.4. The third kappa shape index (κ3) is 14.2. The van der Waals surface area contributed by atoms with Crippen molar-refractivity contribution in [3.05, 3.63) is 18.4 Å². The number of hydrogen-bond acceptors (Lipinski definition) is 5. The summed E-state index contributed by atoms with van der Waals surface area (Å²) in [7, 11) is 3.70. The normalized spacial score (nSPS) is 11.5. The van der Waals surface area contributed by atoms with Crippen molar-refractivity contribution in [2.75, 3.05) is 5.75 Å². The van der Waals surface area contributed by atoms with E-state index in [4.69, 9.17) is 4.42 Å². The number of hydrogen-bond donors (Lipinski definition) is 0. The molecule has 206 valence electrons. The second-order valence-electron chi connectivity index (χ2n) is 10.2. The molecule has 0 N–H and O–H groups in total. The van der Waals surface area contributed by atoms with Crippen molar-refractivity contribution in [1.82, 2.24) is 14.8 Å². The number of aromatic nitrogens is 3. The van der Waals surface area contributed by atoms with Gasteiger partial charge in [-0.1, -0.05) is 140 Å². The van der Waals surface area contributed by atoms with Crippen molar-refractivity contribution in [1.29, 1.82) is 0 Å². The fourth-order valence-corrected chi connectivity index (χ4v) is 6.78. The standard InChI is InChI=1S/C30H53N3OS2/c1-3-5-7-9-10-11-12-13-14-15-16-17-18-19-20-22-27-35-36-30-32-31-29(28-24-23-26-34-28)33(30)25-21-8-6-4-2/h23-24,26H,3-22,25,27H2,1-2H3. The molecule has 0 amide bonds. The molecule has 0 atom stereocenters. The highest BCUT2D eigenvalue weighted by molar-refractivity contribution is 8.76. The lowest BCUT2D eigenvalue weighted by molar-refractivity contribution is 0.532. The van der Waals surface area contributed by atoms with Gasteiger partial charge in [-0.25, -0.2) is 0 Å². The van der Waals surface area contributed by atoms with Crippen LogP contribution in [-0.4, -0.2) is 20.5 Å². The van der Waals surface area contributed by atoms with Crippen LogP contribution in [0.1, 0.15) is 142 Å². The van der Waals surface area contributed by atoms with Gasteiger partial charge in [-0.05, 0) is 35.8 Å². The number of furan rings is 1. The first kappa shape index (κ1) is 31.3. The molecule has 2 heterocycles. The molecule has 4 nitrogen and oxygen atoms in total. The van der Waals surface area contributed by atoms with E-state index >= 15 is 0 Å². The van der Waals surface area contributed by atoms with E-state index in [-0.39, 0.29) is 0 Å². The summed E-state index contributed by atoms with van der Waals surface area (Å²) in [5.41, 5.74) is 0. The maximum absolute atomic E-state index is 5.60. The lowest BCUT2D eigenvalue weighted by Gasteiger charge is -2.08. The SMILES string of the molecule is CCCCCCCCCCCCCCCCCCSSc1nnc(-c2ccco2)n1CCCCCC. The molecule has 6 heteroatoms. The molecule has 0 fully saturated rings. The molecule has 0 bridgehead atoms. The first-order valence-electron chi connectivity index (χ1n) is 15.1. The molecule has 0 saturated heterocycles. The quantitative estimate of drug-likeness (QED) is 0.0934. The highest BCUT2D eigenvalue weighted by atomic mass is 33.1. The zero-order valence-corrected chi connectivity index (χ0v) is 25.0. The van der Waals surface area contributed by atoms with E-state index in [0.29, 0.717) is 0 Å². The second kappa shape index (κ2) is 22.1. The lowest BCUT2D eigenvalue weighted by atomic mass is 10.0. The Labute approximate surface area is 230 Å². The van der Waals surface area contributed by atoms with Crippen LogP contribution in [0.3, 0.4) is 0 Å². The van der Waals surface area contributed by atoms with Crippen LogP contribution in [0.5, 0.6) is 0 Å². The van der Waals surface area contributed by atoms with Gasteiger partial charge < -0.3 is 4.42 Å². The first-order chi connectivity index (χ1) is 17.9. The van der Waals surface area contributed by atoms with Gasteiger partial charge in [0.25, 0.3) is 0 Å². The van der Waals surface area contributed by atoms with Crippen molar-refractivity contribution < 1.29 is 4.42 Å². The molecule has 0 spiro atoms. The number of nitrogens with zero attached hydrogens (tertiary/aromatic N) is 3. The minimum Gasteiger partial charge on any atom is -0.461 e. The molecule has 2 rings (SSSR count). The van der Waals surface area contributed by atoms with E-state index in [9.17, 15) is 0 Å². The van der Waals surface area contributed by atoms with Gasteiger partial charge in [-0.3, -0.25) is 4.57 Å². The van der Waals surface area contributed by atoms with Crippen molar-refractivity contribution in [2.45, 2.75) is 154 Å². The zero-order valence-electron chi connectivity index (χ0n) is 23.4. The summed E-state index contributed by atoms with van der Waals surface area (Å²) in [4.78, 5) is 0. The monoisotopic (exact) mass is 535 g/mol. The summed E-state index contributed by atoms with van der Waals surface area (Å²) >= 11 is 0. The van der Waals surface area contributed by atoms with Crippen LogP contribution in [0.2, 0.25) is 0 Å². The van der Waals surface area contributed by atoms with Gasteiger partial charge in [0, 0.05) is 12.3 Å². The number of unbranched alkanes of at least 4 members (excludes halogenated alkanes) is 18. The van der Waals surface area contributed by atoms with Gasteiger partial charge in [0.2, 0.25) is 5.16 Å². The second-order valence-corrected chi connectivity index (χ2v) is 12.6. The van der Waals surface area contributed by atoms with Crippen LogP contribution in [0.25, 0.3) is 11.6 Å². The lowest BCUT2D eigenvalue weighted by Crippen LogP contribution is -2.02. The molecule has 2 aromatic heterocycles. The van der Waals surface area contributed by atoms with E-state index in [0.717, 1.165) is 29.7 Å². The molecule has 0 saturated carbocycles. The van der Waals surface area contributed by atoms with E-state index in [1.54, 1.807) is 17.1 Å². The van der Waals surface area contributed by atoms with Crippen LogP contribution >= 0.6 is 21.6 Å². The van der Waals surface area contributed by atoms with E-state index in [2.05, 4.69) is 28.6 Å². The van der Waals surface area contributed by atoms with Gasteiger partial charge in [-0.2, -0.15) is 0 Å². The first-order valence-corrected chi connectivity index (χ1v) is 17.4. The molecular weight excluding hydrogens is 482 g/mol. The summed E-state index contributed by atoms with van der Waals surface area (Å²) in [6.45, 7) is 5.51. The van der Waals surface area contributed by atoms with Gasteiger partial charge in [0.05, 0.1) is 6.26 Å². The number of rotatable bonds is 25. The predicted octanol–water partition coefficient (Wildman–Crippen LogP) is 11.1. The van der Waals surface area contributed by atoms with Gasteiger partial charge in [-0.15, -0.1) is 10.2 Å². The Kier molecular flexibility index (Phi) is 19.3. The van der Waals surface area contributed by atoms with Gasteiger partial charge in [0.15, 0.2) is 11.6 Å². The van der Waals surface area contributed by atoms with Crippen LogP contribution in [0.4, 0.5) is 0 Å². The maximum Gasteiger partial charge on any atom is 0.202 e. The summed E-state index contributed by atoms with van der Waals surface area (Å²) in [5.74, 6) is 2.86. The highest BCUT2D eigenvalue weighted by Crippen LogP contribution is 2.33. The van der Waals surface area contributed by atoms with Crippen molar-refractivity contribution in [2.24, 2.45) is 0 Å². The summed E-state index contributed by atoms with van der Waals surface area (Å²) in [6, 6.07) is 3.90. The molecule has 0 aliphatic heterocycles. The highest BCUT2D eigenvalue weighted by Gasteiger charge is 2.16. The van der Waals surface area contributed by atoms with Crippen LogP contribution in [0.15, 0.2) is 28.0 Å². The Hall–Kier alpha value is -0.880. The van der Waals surface area contributed by atoms with E-state index in [1.807, 2.05) is 22.9 Å². The Morgan fingerprint density at radius 2 is 1.19 bits per heavy atom. The Morgan fingerprint density at radius 3 is 1.72 bits per heavy atom. The molecule has 0 unspecified atom stereocenters. The molecule has 0 aliphatic carbocycles. The summed E-state index contributed by atoms with van der Waals surface area (Å²) < 4.78 is 7.85. The third-order valence-corrected chi connectivity index (χ3v) is 9.23. The van der Waals surface area contributed by atoms with E-state index in [1.165, 1.54) is 128 Å². The van der Waals surface area contributed by atoms with E-state index < -0.39 is 0 Å². The predicted molar refractivity (Wildman–Crippen MR) is 160 cm³/mol. The summed E-state index contributed by atoms with van der Waals surface area (Å²) in [5, 5.41) is 9.93. The Bertz CT molecular complexity index is 733.